The van der Waals surface area contributed by atoms with Crippen molar-refractivity contribution in [1.82, 2.24) is 0 Å². The van der Waals surface area contributed by atoms with E-state index in [1.165, 1.54) is 5.56 Å². The fourth-order valence-corrected chi connectivity index (χ4v) is 2.34. The molecule has 2 rings (SSSR count). The van der Waals surface area contributed by atoms with E-state index in [0.717, 1.165) is 24.2 Å². The standard InChI is InChI=1S/C13H16O3/c1-16-10-3-5-11-9(8-10)2-4-12(11)13(15)6-7-14/h3,5,8,12,14H,2,4,6-7H2,1H3. The van der Waals surface area contributed by atoms with Crippen LogP contribution in [0.4, 0.5) is 0 Å². The van der Waals surface area contributed by atoms with E-state index in [0.29, 0.717) is 0 Å². The number of aryl methyl sites for hydroxylation is 1. The Bertz CT molecular complexity index is 398. The SMILES string of the molecule is COc1ccc2c(c1)CCC2C(=O)CCO. The Morgan fingerprint density at radius 1 is 1.56 bits per heavy atom. The number of carbonyl (C=O) groups is 1. The average molecular weight is 220 g/mol. The lowest BCUT2D eigenvalue weighted by Gasteiger charge is -2.10. The number of methoxy groups -OCH3 is 1. The summed E-state index contributed by atoms with van der Waals surface area (Å²) in [5.41, 5.74) is 2.31. The van der Waals surface area contributed by atoms with Crippen molar-refractivity contribution in [3.8, 4) is 5.75 Å². The smallest absolute Gasteiger partial charge is 0.142 e. The molecule has 1 N–H and O–H groups in total. The zero-order chi connectivity index (χ0) is 11.5. The first kappa shape index (κ1) is 11.1. The van der Waals surface area contributed by atoms with Crippen molar-refractivity contribution in [2.24, 2.45) is 0 Å². The Balaban J connectivity index is 2.23. The zero-order valence-electron chi connectivity index (χ0n) is 9.40. The lowest BCUT2D eigenvalue weighted by Crippen LogP contribution is -2.11. The normalized spacial score (nSPS) is 18.2. The quantitative estimate of drug-likeness (QED) is 0.839. The van der Waals surface area contributed by atoms with E-state index >= 15 is 0 Å². The molecule has 1 unspecified atom stereocenters. The molecule has 0 saturated carbocycles. The van der Waals surface area contributed by atoms with Crippen LogP contribution in [0.1, 0.15) is 29.9 Å². The number of fused-ring (bicyclic) bond motifs is 1. The number of ketones is 1. The molecule has 0 bridgehead atoms. The molecule has 0 amide bonds. The van der Waals surface area contributed by atoms with E-state index < -0.39 is 0 Å². The van der Waals surface area contributed by atoms with E-state index in [-0.39, 0.29) is 24.7 Å². The van der Waals surface area contributed by atoms with Gasteiger partial charge in [0.05, 0.1) is 7.11 Å². The van der Waals surface area contributed by atoms with E-state index in [4.69, 9.17) is 9.84 Å². The van der Waals surface area contributed by atoms with Gasteiger partial charge in [0.15, 0.2) is 0 Å². The molecule has 0 spiro atoms. The summed E-state index contributed by atoms with van der Waals surface area (Å²) in [5.74, 6) is 0.966. The molecule has 0 radical (unpaired) electrons. The van der Waals surface area contributed by atoms with Gasteiger partial charge in [0, 0.05) is 18.9 Å². The van der Waals surface area contributed by atoms with Gasteiger partial charge in [-0.2, -0.15) is 0 Å². The van der Waals surface area contributed by atoms with Gasteiger partial charge >= 0.3 is 0 Å². The van der Waals surface area contributed by atoms with Crippen LogP contribution < -0.4 is 4.74 Å². The zero-order valence-corrected chi connectivity index (χ0v) is 9.40. The Morgan fingerprint density at radius 3 is 3.06 bits per heavy atom. The van der Waals surface area contributed by atoms with E-state index in [9.17, 15) is 4.79 Å². The maximum absolute atomic E-state index is 11.8. The van der Waals surface area contributed by atoms with Gasteiger partial charge in [0.2, 0.25) is 0 Å². The molecule has 86 valence electrons. The summed E-state index contributed by atoms with van der Waals surface area (Å²) in [7, 11) is 1.64. The number of ether oxygens (including phenoxy) is 1. The van der Waals surface area contributed by atoms with Gasteiger partial charge in [0.25, 0.3) is 0 Å². The first-order valence-electron chi connectivity index (χ1n) is 5.56. The van der Waals surface area contributed by atoms with Crippen LogP contribution in [-0.2, 0) is 11.2 Å². The van der Waals surface area contributed by atoms with E-state index in [1.54, 1.807) is 7.11 Å². The van der Waals surface area contributed by atoms with Crippen LogP contribution in [0.25, 0.3) is 0 Å². The molecule has 0 fully saturated rings. The highest BCUT2D eigenvalue weighted by Gasteiger charge is 2.27. The molecule has 1 aromatic rings. The van der Waals surface area contributed by atoms with Gasteiger partial charge in [-0.3, -0.25) is 4.79 Å². The summed E-state index contributed by atoms with van der Waals surface area (Å²) >= 11 is 0. The second-order valence-electron chi connectivity index (χ2n) is 4.10. The van der Waals surface area contributed by atoms with E-state index in [1.807, 2.05) is 18.2 Å². The highest BCUT2D eigenvalue weighted by atomic mass is 16.5. The molecule has 1 aliphatic carbocycles. The molecular weight excluding hydrogens is 204 g/mol. The largest absolute Gasteiger partial charge is 0.497 e. The maximum Gasteiger partial charge on any atom is 0.142 e. The minimum Gasteiger partial charge on any atom is -0.497 e. The summed E-state index contributed by atoms with van der Waals surface area (Å²) in [6, 6.07) is 5.87. The fraction of sp³-hybridized carbons (Fsp3) is 0.462. The first-order valence-corrected chi connectivity index (χ1v) is 5.56. The lowest BCUT2D eigenvalue weighted by molar-refractivity contribution is -0.121. The lowest BCUT2D eigenvalue weighted by atomic mass is 9.95. The molecule has 1 aromatic carbocycles. The molecule has 1 atom stereocenters. The van der Waals surface area contributed by atoms with Crippen LogP contribution in [0.3, 0.4) is 0 Å². The minimum atomic E-state index is -0.0547. The summed E-state index contributed by atoms with van der Waals surface area (Å²) < 4.78 is 5.16. The predicted molar refractivity (Wildman–Crippen MR) is 60.8 cm³/mol. The number of hydrogen-bond acceptors (Lipinski definition) is 3. The number of Topliss-reactive ketones (excluding diaryl/α,β-unsaturated/α-hetero) is 1. The molecule has 16 heavy (non-hydrogen) atoms. The van der Waals surface area contributed by atoms with Crippen molar-refractivity contribution >= 4 is 5.78 Å². The predicted octanol–water partition coefficient (Wildman–Crippen LogP) is 1.68. The molecule has 0 saturated heterocycles. The van der Waals surface area contributed by atoms with Gasteiger partial charge in [0.1, 0.15) is 11.5 Å². The number of benzene rings is 1. The average Bonchev–Trinajstić information content (AvgIpc) is 2.71. The van der Waals surface area contributed by atoms with Crippen molar-refractivity contribution in [2.45, 2.75) is 25.2 Å². The second-order valence-corrected chi connectivity index (χ2v) is 4.10. The van der Waals surface area contributed by atoms with Crippen LogP contribution in [0, 0.1) is 0 Å². The molecule has 3 heteroatoms. The van der Waals surface area contributed by atoms with Crippen LogP contribution in [0.5, 0.6) is 5.75 Å². The third-order valence-electron chi connectivity index (χ3n) is 3.17. The van der Waals surface area contributed by atoms with Crippen LogP contribution in [0.15, 0.2) is 18.2 Å². The van der Waals surface area contributed by atoms with Gasteiger partial charge in [-0.25, -0.2) is 0 Å². The number of aliphatic hydroxyl groups excluding tert-OH is 1. The van der Waals surface area contributed by atoms with Crippen molar-refractivity contribution in [3.63, 3.8) is 0 Å². The van der Waals surface area contributed by atoms with Gasteiger partial charge in [-0.15, -0.1) is 0 Å². The Labute approximate surface area is 95.0 Å². The summed E-state index contributed by atoms with van der Waals surface area (Å²) in [4.78, 5) is 11.8. The number of carbonyl (C=O) groups excluding carboxylic acids is 1. The summed E-state index contributed by atoms with van der Waals surface area (Å²) in [6.45, 7) is -0.0547. The second kappa shape index (κ2) is 4.66. The van der Waals surface area contributed by atoms with E-state index in [2.05, 4.69) is 0 Å². The number of rotatable bonds is 4. The third kappa shape index (κ3) is 1.95. The Kier molecular flexibility index (Phi) is 3.25. The van der Waals surface area contributed by atoms with Crippen LogP contribution >= 0.6 is 0 Å². The van der Waals surface area contributed by atoms with Crippen LogP contribution in [-0.4, -0.2) is 24.6 Å². The molecule has 0 heterocycles. The van der Waals surface area contributed by atoms with Gasteiger partial charge < -0.3 is 9.84 Å². The highest BCUT2D eigenvalue weighted by Crippen LogP contribution is 2.36. The maximum atomic E-state index is 11.8. The Hall–Kier alpha value is -1.35. The van der Waals surface area contributed by atoms with Crippen molar-refractivity contribution < 1.29 is 14.6 Å². The van der Waals surface area contributed by atoms with Crippen molar-refractivity contribution in [1.29, 1.82) is 0 Å². The summed E-state index contributed by atoms with van der Waals surface area (Å²) in [5, 5.41) is 8.79. The molecule has 0 aromatic heterocycles. The third-order valence-corrected chi connectivity index (χ3v) is 3.17. The first-order chi connectivity index (χ1) is 7.76. The highest BCUT2D eigenvalue weighted by molar-refractivity contribution is 5.87. The number of aliphatic hydroxyl groups is 1. The van der Waals surface area contributed by atoms with Gasteiger partial charge in [-0.05, 0) is 36.1 Å². The van der Waals surface area contributed by atoms with Crippen molar-refractivity contribution in [2.75, 3.05) is 13.7 Å². The minimum absolute atomic E-state index is 0.0203. The monoisotopic (exact) mass is 220 g/mol. The van der Waals surface area contributed by atoms with Gasteiger partial charge in [-0.1, -0.05) is 6.07 Å². The summed E-state index contributed by atoms with van der Waals surface area (Å²) in [6.07, 6.45) is 2.05. The molecule has 1 aliphatic rings. The topological polar surface area (TPSA) is 46.5 Å². The fourth-order valence-electron chi connectivity index (χ4n) is 2.34. The van der Waals surface area contributed by atoms with Crippen molar-refractivity contribution in [3.05, 3.63) is 29.3 Å². The molecule has 0 aliphatic heterocycles. The van der Waals surface area contributed by atoms with Crippen LogP contribution in [0.2, 0.25) is 0 Å². The Morgan fingerprint density at radius 2 is 2.38 bits per heavy atom. The molecular formula is C13H16O3. The molecule has 3 nitrogen and oxygen atoms in total. The number of hydrogen-bond donors (Lipinski definition) is 1.